The van der Waals surface area contributed by atoms with E-state index in [-0.39, 0.29) is 23.1 Å². The van der Waals surface area contributed by atoms with Gasteiger partial charge in [-0.1, -0.05) is 6.07 Å². The maximum atomic E-state index is 12.7. The Morgan fingerprint density at radius 3 is 3.04 bits per heavy atom. The number of fused-ring (bicyclic) bond motifs is 1. The minimum atomic E-state index is -0.255. The van der Waals surface area contributed by atoms with Gasteiger partial charge in [-0.2, -0.15) is 0 Å². The van der Waals surface area contributed by atoms with Crippen molar-refractivity contribution in [2.24, 2.45) is 0 Å². The number of aromatic amines is 1. The van der Waals surface area contributed by atoms with E-state index in [2.05, 4.69) is 32.7 Å². The molecule has 6 heteroatoms. The van der Waals surface area contributed by atoms with Crippen LogP contribution in [-0.4, -0.2) is 34.9 Å². The van der Waals surface area contributed by atoms with Crippen LogP contribution < -0.4 is 10.9 Å². The number of thiophene rings is 1. The molecule has 2 aromatic heterocycles. The van der Waals surface area contributed by atoms with Gasteiger partial charge in [-0.15, -0.1) is 11.3 Å². The first-order valence-corrected chi connectivity index (χ1v) is 10.4. The van der Waals surface area contributed by atoms with Gasteiger partial charge >= 0.3 is 0 Å². The zero-order chi connectivity index (χ0) is 17.9. The molecule has 138 valence electrons. The first-order valence-electron chi connectivity index (χ1n) is 9.50. The molecule has 1 saturated heterocycles. The average Bonchev–Trinajstić information content (AvgIpc) is 3.14. The Hall–Kier alpha value is -1.92. The number of carbonyl (C=O) groups excluding carboxylic acids is 1. The molecular formula is C20H25N3O2S. The fourth-order valence-electron chi connectivity index (χ4n) is 4.05. The average molecular weight is 372 g/mol. The predicted molar refractivity (Wildman–Crippen MR) is 104 cm³/mol. The maximum Gasteiger partial charge on any atom is 0.261 e. The molecule has 2 N–H and O–H groups in total. The summed E-state index contributed by atoms with van der Waals surface area (Å²) in [6.45, 7) is 2.83. The number of hydrogen-bond donors (Lipinski definition) is 2. The van der Waals surface area contributed by atoms with E-state index in [1.165, 1.54) is 4.88 Å². The monoisotopic (exact) mass is 371 g/mol. The topological polar surface area (TPSA) is 65.2 Å². The number of pyridine rings is 1. The summed E-state index contributed by atoms with van der Waals surface area (Å²) in [7, 11) is 0. The van der Waals surface area contributed by atoms with Crippen molar-refractivity contribution in [3.8, 4) is 0 Å². The summed E-state index contributed by atoms with van der Waals surface area (Å²) in [6.07, 6.45) is 6.13. The molecule has 0 bridgehead atoms. The molecule has 1 aliphatic carbocycles. The zero-order valence-corrected chi connectivity index (χ0v) is 15.7. The maximum absolute atomic E-state index is 12.7. The van der Waals surface area contributed by atoms with Gasteiger partial charge in [-0.3, -0.25) is 14.5 Å². The largest absolute Gasteiger partial charge is 0.348 e. The van der Waals surface area contributed by atoms with Crippen LogP contribution in [0.1, 0.15) is 52.2 Å². The van der Waals surface area contributed by atoms with Crippen molar-refractivity contribution < 1.29 is 4.79 Å². The third-order valence-electron chi connectivity index (χ3n) is 5.38. The Morgan fingerprint density at radius 2 is 2.19 bits per heavy atom. The van der Waals surface area contributed by atoms with Crippen molar-refractivity contribution >= 4 is 17.2 Å². The number of aryl methyl sites for hydroxylation is 2. The summed E-state index contributed by atoms with van der Waals surface area (Å²) in [6, 6.07) is 6.15. The van der Waals surface area contributed by atoms with Gasteiger partial charge in [0.15, 0.2) is 0 Å². The molecule has 3 heterocycles. The third kappa shape index (κ3) is 3.91. The lowest BCUT2D eigenvalue weighted by molar-refractivity contribution is 0.0899. The van der Waals surface area contributed by atoms with Crippen molar-refractivity contribution in [2.45, 2.75) is 51.1 Å². The van der Waals surface area contributed by atoms with Gasteiger partial charge < -0.3 is 10.3 Å². The first kappa shape index (κ1) is 17.5. The fourth-order valence-corrected chi connectivity index (χ4v) is 4.79. The van der Waals surface area contributed by atoms with E-state index in [0.717, 1.165) is 69.4 Å². The molecule has 0 spiro atoms. The number of hydrogen-bond acceptors (Lipinski definition) is 4. The molecule has 26 heavy (non-hydrogen) atoms. The van der Waals surface area contributed by atoms with Crippen molar-refractivity contribution in [1.29, 1.82) is 0 Å². The highest BCUT2D eigenvalue weighted by molar-refractivity contribution is 7.09. The van der Waals surface area contributed by atoms with Crippen LogP contribution in [0.25, 0.3) is 0 Å². The van der Waals surface area contributed by atoms with Gasteiger partial charge in [0.25, 0.3) is 11.5 Å². The van der Waals surface area contributed by atoms with E-state index in [4.69, 9.17) is 0 Å². The smallest absolute Gasteiger partial charge is 0.261 e. The molecule has 4 rings (SSSR count). The van der Waals surface area contributed by atoms with Crippen molar-refractivity contribution in [3.63, 3.8) is 0 Å². The molecule has 1 atom stereocenters. The summed E-state index contributed by atoms with van der Waals surface area (Å²) in [4.78, 5) is 31.7. The van der Waals surface area contributed by atoms with E-state index in [1.807, 2.05) is 6.07 Å². The Balaban J connectivity index is 1.42. The minimum Gasteiger partial charge on any atom is -0.348 e. The number of carbonyl (C=O) groups is 1. The SMILES string of the molecule is O=C(NC1CCCN(Cc2cccs2)C1)c1cc2c([nH]c1=O)CCCC2. The van der Waals surface area contributed by atoms with Crippen LogP contribution in [0.4, 0.5) is 0 Å². The van der Waals surface area contributed by atoms with Crippen LogP contribution >= 0.6 is 11.3 Å². The van der Waals surface area contributed by atoms with Crippen LogP contribution in [-0.2, 0) is 19.4 Å². The lowest BCUT2D eigenvalue weighted by atomic mass is 9.95. The van der Waals surface area contributed by atoms with Crippen LogP contribution in [0.3, 0.4) is 0 Å². The molecular weight excluding hydrogens is 346 g/mol. The Labute approximate surface area is 157 Å². The van der Waals surface area contributed by atoms with Gasteiger partial charge in [0.05, 0.1) is 0 Å². The Morgan fingerprint density at radius 1 is 1.31 bits per heavy atom. The zero-order valence-electron chi connectivity index (χ0n) is 14.9. The number of rotatable bonds is 4. The van der Waals surface area contributed by atoms with E-state index >= 15 is 0 Å². The summed E-state index contributed by atoms with van der Waals surface area (Å²) < 4.78 is 0. The second kappa shape index (κ2) is 7.76. The van der Waals surface area contributed by atoms with Crippen molar-refractivity contribution in [1.82, 2.24) is 15.2 Å². The summed E-state index contributed by atoms with van der Waals surface area (Å²) in [5, 5.41) is 5.19. The fraction of sp³-hybridized carbons (Fsp3) is 0.500. The molecule has 2 aliphatic rings. The molecule has 1 fully saturated rings. The summed E-state index contributed by atoms with van der Waals surface area (Å²) in [5.74, 6) is -0.234. The molecule has 1 aliphatic heterocycles. The van der Waals surface area contributed by atoms with Gasteiger partial charge in [0.2, 0.25) is 0 Å². The van der Waals surface area contributed by atoms with E-state index in [9.17, 15) is 9.59 Å². The van der Waals surface area contributed by atoms with E-state index in [0.29, 0.717) is 0 Å². The number of nitrogens with zero attached hydrogens (tertiary/aromatic N) is 1. The van der Waals surface area contributed by atoms with Gasteiger partial charge in [0, 0.05) is 29.7 Å². The quantitative estimate of drug-likeness (QED) is 0.868. The van der Waals surface area contributed by atoms with Gasteiger partial charge in [-0.25, -0.2) is 0 Å². The normalized spacial score (nSPS) is 20.5. The number of amides is 1. The number of piperidine rings is 1. The molecule has 5 nitrogen and oxygen atoms in total. The molecule has 0 saturated carbocycles. The molecule has 1 amide bonds. The van der Waals surface area contributed by atoms with Crippen LogP contribution in [0.5, 0.6) is 0 Å². The standard InChI is InChI=1S/C20H25N3O2S/c24-19(17-11-14-5-1-2-8-18(14)22-20(17)25)21-15-6-3-9-23(12-15)13-16-7-4-10-26-16/h4,7,10-11,15H,1-3,5-6,8-9,12-13H2,(H,21,24)(H,22,25). The highest BCUT2D eigenvalue weighted by Crippen LogP contribution is 2.19. The van der Waals surface area contributed by atoms with Crippen LogP contribution in [0, 0.1) is 0 Å². The van der Waals surface area contributed by atoms with Crippen LogP contribution in [0.15, 0.2) is 28.4 Å². The highest BCUT2D eigenvalue weighted by Gasteiger charge is 2.24. The number of likely N-dealkylation sites (tertiary alicyclic amines) is 1. The lowest BCUT2D eigenvalue weighted by Crippen LogP contribution is -2.48. The van der Waals surface area contributed by atoms with Crippen LogP contribution in [0.2, 0.25) is 0 Å². The second-order valence-electron chi connectivity index (χ2n) is 7.35. The molecule has 2 aromatic rings. The minimum absolute atomic E-state index is 0.103. The van der Waals surface area contributed by atoms with E-state index in [1.54, 1.807) is 11.3 Å². The van der Waals surface area contributed by atoms with Gasteiger partial charge in [0.1, 0.15) is 5.56 Å². The van der Waals surface area contributed by atoms with Crippen molar-refractivity contribution in [3.05, 3.63) is 55.6 Å². The predicted octanol–water partition coefficient (Wildman–Crippen LogP) is 2.71. The summed E-state index contributed by atoms with van der Waals surface area (Å²) in [5.41, 5.74) is 2.15. The number of H-pyrrole nitrogens is 1. The summed E-state index contributed by atoms with van der Waals surface area (Å²) >= 11 is 1.77. The molecule has 0 radical (unpaired) electrons. The number of aromatic nitrogens is 1. The Bertz CT molecular complexity index is 828. The first-order chi connectivity index (χ1) is 12.7. The third-order valence-corrected chi connectivity index (χ3v) is 6.24. The second-order valence-corrected chi connectivity index (χ2v) is 8.38. The van der Waals surface area contributed by atoms with E-state index < -0.39 is 0 Å². The molecule has 1 unspecified atom stereocenters. The number of nitrogens with one attached hydrogen (secondary N) is 2. The highest BCUT2D eigenvalue weighted by atomic mass is 32.1. The van der Waals surface area contributed by atoms with Crippen molar-refractivity contribution in [2.75, 3.05) is 13.1 Å². The Kier molecular flexibility index (Phi) is 5.22. The van der Waals surface area contributed by atoms with Gasteiger partial charge in [-0.05, 0) is 68.1 Å². The molecule has 0 aromatic carbocycles. The lowest BCUT2D eigenvalue weighted by Gasteiger charge is -2.32.